The molecule has 0 saturated heterocycles. The van der Waals surface area contributed by atoms with E-state index < -0.39 is 11.9 Å². The standard InChI is InChI=1S/C12H14ClN3O2/c1-7(2)9(12(17)18)6-16-11-10(13)8(5-14)3-4-15-11/h3-4,7,9H,6H2,1-2H3,(H,15,16)(H,17,18). The topological polar surface area (TPSA) is 86.0 Å². The van der Waals surface area contributed by atoms with Gasteiger partial charge in [0.05, 0.1) is 11.5 Å². The Hall–Kier alpha value is -1.80. The van der Waals surface area contributed by atoms with Gasteiger partial charge in [-0.2, -0.15) is 5.26 Å². The third-order valence-corrected chi connectivity index (χ3v) is 3.00. The van der Waals surface area contributed by atoms with Crippen LogP contribution in [0.15, 0.2) is 12.3 Å². The Morgan fingerprint density at radius 1 is 1.67 bits per heavy atom. The van der Waals surface area contributed by atoms with Gasteiger partial charge in [0, 0.05) is 12.7 Å². The fraction of sp³-hybridized carbons (Fsp3) is 0.417. The van der Waals surface area contributed by atoms with Crippen molar-refractivity contribution < 1.29 is 9.90 Å². The van der Waals surface area contributed by atoms with Crippen LogP contribution in [0.25, 0.3) is 0 Å². The number of halogens is 1. The number of carboxylic acids is 1. The Bertz CT molecular complexity index is 483. The van der Waals surface area contributed by atoms with Crippen LogP contribution in [-0.2, 0) is 4.79 Å². The zero-order chi connectivity index (χ0) is 13.7. The molecule has 1 aromatic heterocycles. The quantitative estimate of drug-likeness (QED) is 0.855. The number of aliphatic carboxylic acids is 1. The van der Waals surface area contributed by atoms with E-state index in [1.54, 1.807) is 0 Å². The first-order valence-corrected chi connectivity index (χ1v) is 5.86. The van der Waals surface area contributed by atoms with E-state index in [-0.39, 0.29) is 17.5 Å². The Morgan fingerprint density at radius 3 is 2.83 bits per heavy atom. The normalized spacial score (nSPS) is 11.9. The Morgan fingerprint density at radius 2 is 2.33 bits per heavy atom. The maximum atomic E-state index is 11.0. The van der Waals surface area contributed by atoms with Gasteiger partial charge < -0.3 is 10.4 Å². The molecule has 5 nitrogen and oxygen atoms in total. The van der Waals surface area contributed by atoms with Gasteiger partial charge in [-0.1, -0.05) is 25.4 Å². The van der Waals surface area contributed by atoms with Gasteiger partial charge in [0.2, 0.25) is 0 Å². The van der Waals surface area contributed by atoms with Crippen LogP contribution in [0.3, 0.4) is 0 Å². The Labute approximate surface area is 110 Å². The molecule has 1 heterocycles. The number of nitriles is 1. The van der Waals surface area contributed by atoms with Gasteiger partial charge >= 0.3 is 5.97 Å². The molecule has 2 N–H and O–H groups in total. The van der Waals surface area contributed by atoms with E-state index in [1.807, 2.05) is 19.9 Å². The molecule has 1 aromatic rings. The second kappa shape index (κ2) is 6.22. The molecular weight excluding hydrogens is 254 g/mol. The van der Waals surface area contributed by atoms with Gasteiger partial charge in [-0.25, -0.2) is 4.98 Å². The van der Waals surface area contributed by atoms with E-state index in [1.165, 1.54) is 12.3 Å². The molecule has 0 amide bonds. The maximum Gasteiger partial charge on any atom is 0.308 e. The molecule has 0 bridgehead atoms. The predicted octanol–water partition coefficient (Wildman–Crippen LogP) is 2.38. The lowest BCUT2D eigenvalue weighted by Crippen LogP contribution is -2.27. The average Bonchev–Trinajstić information content (AvgIpc) is 2.30. The molecule has 96 valence electrons. The minimum absolute atomic E-state index is 0.00655. The number of carboxylic acid groups (broad SMARTS) is 1. The third-order valence-electron chi connectivity index (χ3n) is 2.62. The molecule has 0 aliphatic carbocycles. The summed E-state index contributed by atoms with van der Waals surface area (Å²) in [6, 6.07) is 3.45. The fourth-order valence-corrected chi connectivity index (χ4v) is 1.69. The molecule has 1 atom stereocenters. The molecule has 0 saturated carbocycles. The SMILES string of the molecule is CC(C)C(CNc1nccc(C#N)c1Cl)C(=O)O. The molecular formula is C12H14ClN3O2. The van der Waals surface area contributed by atoms with Crippen LogP contribution < -0.4 is 5.32 Å². The Balaban J connectivity index is 2.81. The highest BCUT2D eigenvalue weighted by Crippen LogP contribution is 2.23. The van der Waals surface area contributed by atoms with Crippen LogP contribution in [0.1, 0.15) is 19.4 Å². The highest BCUT2D eigenvalue weighted by atomic mass is 35.5. The summed E-state index contributed by atoms with van der Waals surface area (Å²) in [4.78, 5) is 15.0. The number of nitrogens with zero attached hydrogens (tertiary/aromatic N) is 2. The van der Waals surface area contributed by atoms with E-state index in [0.717, 1.165) is 0 Å². The van der Waals surface area contributed by atoms with E-state index in [2.05, 4.69) is 10.3 Å². The van der Waals surface area contributed by atoms with E-state index in [0.29, 0.717) is 11.4 Å². The van der Waals surface area contributed by atoms with E-state index in [4.69, 9.17) is 22.0 Å². The van der Waals surface area contributed by atoms with Crippen molar-refractivity contribution >= 4 is 23.4 Å². The molecule has 0 aromatic carbocycles. The van der Waals surface area contributed by atoms with Gasteiger partial charge in [0.25, 0.3) is 0 Å². The van der Waals surface area contributed by atoms with Gasteiger partial charge in [0.15, 0.2) is 0 Å². The number of carbonyl (C=O) groups is 1. The van der Waals surface area contributed by atoms with Crippen LogP contribution in [0.2, 0.25) is 5.02 Å². The van der Waals surface area contributed by atoms with E-state index in [9.17, 15) is 4.79 Å². The summed E-state index contributed by atoms with van der Waals surface area (Å²) in [5.74, 6) is -1.07. The molecule has 1 unspecified atom stereocenters. The number of nitrogens with one attached hydrogen (secondary N) is 1. The summed E-state index contributed by atoms with van der Waals surface area (Å²) < 4.78 is 0. The lowest BCUT2D eigenvalue weighted by molar-refractivity contribution is -0.142. The largest absolute Gasteiger partial charge is 0.481 e. The number of anilines is 1. The number of aromatic nitrogens is 1. The maximum absolute atomic E-state index is 11.0. The summed E-state index contributed by atoms with van der Waals surface area (Å²) in [5.41, 5.74) is 0.311. The molecule has 6 heteroatoms. The molecule has 0 aliphatic heterocycles. The molecule has 0 aliphatic rings. The van der Waals surface area contributed by atoms with Crippen LogP contribution in [0.4, 0.5) is 5.82 Å². The molecule has 1 rings (SSSR count). The molecule has 0 spiro atoms. The zero-order valence-electron chi connectivity index (χ0n) is 10.1. The minimum atomic E-state index is -0.870. The summed E-state index contributed by atoms with van der Waals surface area (Å²) in [5, 5.41) is 20.9. The monoisotopic (exact) mass is 267 g/mol. The zero-order valence-corrected chi connectivity index (χ0v) is 10.9. The van der Waals surface area contributed by atoms with Crippen molar-refractivity contribution in [3.8, 4) is 6.07 Å². The van der Waals surface area contributed by atoms with Gasteiger partial charge in [0.1, 0.15) is 16.9 Å². The summed E-state index contributed by atoms with van der Waals surface area (Å²) >= 11 is 5.96. The van der Waals surface area contributed by atoms with Crippen molar-refractivity contribution in [1.29, 1.82) is 5.26 Å². The average molecular weight is 268 g/mol. The van der Waals surface area contributed by atoms with Crippen molar-refractivity contribution in [2.24, 2.45) is 11.8 Å². The van der Waals surface area contributed by atoms with Crippen LogP contribution >= 0.6 is 11.6 Å². The first-order valence-electron chi connectivity index (χ1n) is 5.48. The Kier molecular flexibility index (Phi) is 4.93. The van der Waals surface area contributed by atoms with Crippen molar-refractivity contribution in [3.63, 3.8) is 0 Å². The fourth-order valence-electron chi connectivity index (χ4n) is 1.47. The number of rotatable bonds is 5. The van der Waals surface area contributed by atoms with Gasteiger partial charge in [-0.05, 0) is 12.0 Å². The molecule has 0 fully saturated rings. The van der Waals surface area contributed by atoms with Crippen molar-refractivity contribution in [1.82, 2.24) is 4.98 Å². The minimum Gasteiger partial charge on any atom is -0.481 e. The summed E-state index contributed by atoms with van der Waals surface area (Å²) in [7, 11) is 0. The van der Waals surface area contributed by atoms with Crippen LogP contribution in [0.5, 0.6) is 0 Å². The predicted molar refractivity (Wildman–Crippen MR) is 68.4 cm³/mol. The van der Waals surface area contributed by atoms with Crippen molar-refractivity contribution in [2.75, 3.05) is 11.9 Å². The van der Waals surface area contributed by atoms with Crippen molar-refractivity contribution in [3.05, 3.63) is 22.8 Å². The van der Waals surface area contributed by atoms with Crippen LogP contribution in [-0.4, -0.2) is 22.6 Å². The third kappa shape index (κ3) is 3.34. The molecule has 18 heavy (non-hydrogen) atoms. The highest BCUT2D eigenvalue weighted by molar-refractivity contribution is 6.34. The van der Waals surface area contributed by atoms with Crippen LogP contribution in [0, 0.1) is 23.2 Å². The summed E-state index contributed by atoms with van der Waals surface area (Å²) in [6.45, 7) is 3.89. The van der Waals surface area contributed by atoms with Gasteiger partial charge in [-0.3, -0.25) is 4.79 Å². The second-order valence-corrected chi connectivity index (χ2v) is 4.58. The molecule has 0 radical (unpaired) electrons. The first kappa shape index (κ1) is 14.3. The smallest absolute Gasteiger partial charge is 0.308 e. The number of pyridine rings is 1. The highest BCUT2D eigenvalue weighted by Gasteiger charge is 2.21. The van der Waals surface area contributed by atoms with Crippen molar-refractivity contribution in [2.45, 2.75) is 13.8 Å². The first-order chi connectivity index (χ1) is 8.47. The number of hydrogen-bond donors (Lipinski definition) is 2. The number of hydrogen-bond acceptors (Lipinski definition) is 4. The van der Waals surface area contributed by atoms with Gasteiger partial charge in [-0.15, -0.1) is 0 Å². The lowest BCUT2D eigenvalue weighted by atomic mass is 9.96. The second-order valence-electron chi connectivity index (χ2n) is 4.20. The van der Waals surface area contributed by atoms with E-state index >= 15 is 0 Å². The lowest BCUT2D eigenvalue weighted by Gasteiger charge is -2.17. The summed E-state index contributed by atoms with van der Waals surface area (Å²) in [6.07, 6.45) is 1.46.